The molecule has 2 saturated carbocycles. The first-order chi connectivity index (χ1) is 11.9. The van der Waals surface area contributed by atoms with E-state index in [1.807, 2.05) is 25.1 Å². The van der Waals surface area contributed by atoms with Crippen molar-refractivity contribution in [2.45, 2.75) is 31.8 Å². The highest BCUT2D eigenvalue weighted by molar-refractivity contribution is 7.84. The summed E-state index contributed by atoms with van der Waals surface area (Å²) in [5.41, 5.74) is 1.20. The molecule has 0 bridgehead atoms. The van der Waals surface area contributed by atoms with E-state index < -0.39 is 16.4 Å². The van der Waals surface area contributed by atoms with Crippen LogP contribution in [-0.2, 0) is 15.6 Å². The molecule has 5 nitrogen and oxygen atoms in total. The molecule has 134 valence electrons. The number of hydrogen-bond donors (Lipinski definition) is 1. The van der Waals surface area contributed by atoms with Gasteiger partial charge < -0.3 is 10.1 Å². The lowest BCUT2D eigenvalue weighted by molar-refractivity contribution is -0.124. The molecule has 25 heavy (non-hydrogen) atoms. The second-order valence-corrected chi connectivity index (χ2v) is 9.14. The summed E-state index contributed by atoms with van der Waals surface area (Å²) in [6, 6.07) is 5.73. The number of nitrogens with one attached hydrogen (secondary N) is 1. The second kappa shape index (κ2) is 5.94. The lowest BCUT2D eigenvalue weighted by Gasteiger charge is -2.37. The Morgan fingerprint density at radius 3 is 3.00 bits per heavy atom. The highest BCUT2D eigenvalue weighted by Crippen LogP contribution is 2.65. The number of hydrogen-bond acceptors (Lipinski definition) is 4. The number of fused-ring (bicyclic) bond motifs is 3. The van der Waals surface area contributed by atoms with E-state index in [0.29, 0.717) is 35.9 Å². The second-order valence-electron chi connectivity index (χ2n) is 7.59. The zero-order chi connectivity index (χ0) is 17.8. The van der Waals surface area contributed by atoms with Crippen LogP contribution in [0.15, 0.2) is 18.2 Å². The van der Waals surface area contributed by atoms with Crippen LogP contribution in [0.2, 0.25) is 0 Å². The van der Waals surface area contributed by atoms with Crippen molar-refractivity contribution < 1.29 is 18.5 Å². The van der Waals surface area contributed by atoms with E-state index in [-0.39, 0.29) is 23.5 Å². The Bertz CT molecular complexity index is 777. The maximum absolute atomic E-state index is 12.7. The molecule has 2 fully saturated rings. The summed E-state index contributed by atoms with van der Waals surface area (Å²) >= 11 is 0. The summed E-state index contributed by atoms with van der Waals surface area (Å²) in [5.74, 6) is 1.64. The van der Waals surface area contributed by atoms with Gasteiger partial charge in [-0.25, -0.2) is 0 Å². The summed E-state index contributed by atoms with van der Waals surface area (Å²) in [7, 11) is -0.907. The summed E-state index contributed by atoms with van der Waals surface area (Å²) in [5, 5.41) is 2.89. The van der Waals surface area contributed by atoms with E-state index in [9.17, 15) is 13.8 Å². The van der Waals surface area contributed by atoms with E-state index >= 15 is 0 Å². The monoisotopic (exact) mass is 361 g/mol. The lowest BCUT2D eigenvalue weighted by atomic mass is 9.84. The molecule has 1 aromatic rings. The molecular weight excluding hydrogens is 338 g/mol. The van der Waals surface area contributed by atoms with Crippen LogP contribution in [0.5, 0.6) is 5.75 Å². The van der Waals surface area contributed by atoms with E-state index in [2.05, 4.69) is 5.32 Å². The number of aryl methyl sites for hydroxylation is 1. The number of benzene rings is 1. The molecule has 1 amide bonds. The Balaban J connectivity index is 1.49. The van der Waals surface area contributed by atoms with Gasteiger partial charge in [0.15, 0.2) is 5.78 Å². The minimum atomic E-state index is -0.907. The van der Waals surface area contributed by atoms with Crippen molar-refractivity contribution in [1.29, 1.82) is 0 Å². The van der Waals surface area contributed by atoms with Gasteiger partial charge in [-0.3, -0.25) is 13.8 Å². The molecule has 2 aliphatic carbocycles. The smallest absolute Gasteiger partial charge is 0.223 e. The van der Waals surface area contributed by atoms with Gasteiger partial charge in [-0.2, -0.15) is 0 Å². The number of carbonyl (C=O) groups is 2. The predicted octanol–water partition coefficient (Wildman–Crippen LogP) is 1.85. The minimum Gasteiger partial charge on any atom is -0.486 e. The Morgan fingerprint density at radius 2 is 2.24 bits per heavy atom. The summed E-state index contributed by atoms with van der Waals surface area (Å²) in [6.45, 7) is 2.40. The van der Waals surface area contributed by atoms with Crippen molar-refractivity contribution >= 4 is 22.5 Å². The van der Waals surface area contributed by atoms with Crippen molar-refractivity contribution in [3.05, 3.63) is 29.3 Å². The fourth-order valence-corrected chi connectivity index (χ4v) is 5.11. The Hall–Kier alpha value is -1.69. The molecular formula is C19H23NO4S. The molecule has 1 aliphatic heterocycles. The largest absolute Gasteiger partial charge is 0.486 e. The first-order valence-corrected chi connectivity index (χ1v) is 10.5. The van der Waals surface area contributed by atoms with Gasteiger partial charge in [-0.05, 0) is 37.8 Å². The molecule has 0 saturated heterocycles. The number of carbonyl (C=O) groups excluding carboxylic acids is 2. The molecule has 0 aromatic heterocycles. The molecule has 1 aromatic carbocycles. The first-order valence-electron chi connectivity index (χ1n) is 8.82. The first kappa shape index (κ1) is 16.8. The lowest BCUT2D eigenvalue weighted by Crippen LogP contribution is -2.44. The van der Waals surface area contributed by atoms with E-state index in [0.717, 1.165) is 18.4 Å². The average molecular weight is 361 g/mol. The third-order valence-electron chi connectivity index (χ3n) is 5.88. The minimum absolute atomic E-state index is 0.0188. The van der Waals surface area contributed by atoms with Crippen molar-refractivity contribution in [2.24, 2.45) is 17.8 Å². The van der Waals surface area contributed by atoms with Crippen LogP contribution in [0.3, 0.4) is 0 Å². The van der Waals surface area contributed by atoms with Gasteiger partial charge in [0.25, 0.3) is 0 Å². The molecule has 5 atom stereocenters. The Kier molecular flexibility index (Phi) is 3.98. The predicted molar refractivity (Wildman–Crippen MR) is 95.1 cm³/mol. The molecule has 1 spiro atoms. The fraction of sp³-hybridized carbons (Fsp3) is 0.579. The van der Waals surface area contributed by atoms with Crippen molar-refractivity contribution in [1.82, 2.24) is 5.32 Å². The van der Waals surface area contributed by atoms with Crippen molar-refractivity contribution in [3.63, 3.8) is 0 Å². The maximum Gasteiger partial charge on any atom is 0.223 e. The van der Waals surface area contributed by atoms with Crippen molar-refractivity contribution in [3.8, 4) is 5.75 Å². The SMILES string of the molecule is Cc1ccc2c(c1)C(=O)CC1(CCC3C(C(=O)NCCS(C)=O)C31)O2. The fourth-order valence-electron chi connectivity index (χ4n) is 4.72. The van der Waals surface area contributed by atoms with Crippen LogP contribution in [0.1, 0.15) is 35.2 Å². The van der Waals surface area contributed by atoms with Gasteiger partial charge in [0.1, 0.15) is 11.4 Å². The molecule has 1 heterocycles. The maximum atomic E-state index is 12.7. The molecule has 4 rings (SSSR count). The third kappa shape index (κ3) is 2.80. The zero-order valence-electron chi connectivity index (χ0n) is 14.5. The van der Waals surface area contributed by atoms with E-state index in [4.69, 9.17) is 4.74 Å². The summed E-state index contributed by atoms with van der Waals surface area (Å²) in [6.07, 6.45) is 3.77. The summed E-state index contributed by atoms with van der Waals surface area (Å²) in [4.78, 5) is 25.1. The Morgan fingerprint density at radius 1 is 1.44 bits per heavy atom. The van der Waals surface area contributed by atoms with Gasteiger partial charge in [-0.1, -0.05) is 11.6 Å². The van der Waals surface area contributed by atoms with Gasteiger partial charge >= 0.3 is 0 Å². The average Bonchev–Trinajstić information content (AvgIpc) is 3.20. The third-order valence-corrected chi connectivity index (χ3v) is 6.66. The molecule has 0 radical (unpaired) electrons. The van der Waals surface area contributed by atoms with Gasteiger partial charge in [0.05, 0.1) is 12.0 Å². The number of rotatable bonds is 4. The zero-order valence-corrected chi connectivity index (χ0v) is 15.4. The molecule has 1 N–H and O–H groups in total. The Labute approximate surface area is 150 Å². The van der Waals surface area contributed by atoms with E-state index in [1.165, 1.54) is 0 Å². The van der Waals surface area contributed by atoms with Crippen LogP contribution in [-0.4, -0.2) is 40.1 Å². The van der Waals surface area contributed by atoms with Crippen LogP contribution < -0.4 is 10.1 Å². The normalized spacial score (nSPS) is 33.4. The van der Waals surface area contributed by atoms with Gasteiger partial charge in [0, 0.05) is 41.2 Å². The highest BCUT2D eigenvalue weighted by Gasteiger charge is 2.70. The number of ketones is 1. The highest BCUT2D eigenvalue weighted by atomic mass is 32.2. The van der Waals surface area contributed by atoms with Crippen LogP contribution in [0.4, 0.5) is 0 Å². The van der Waals surface area contributed by atoms with Gasteiger partial charge in [-0.15, -0.1) is 0 Å². The standard InChI is InChI=1S/C19H23NO4S/c1-11-3-4-15-13(9-11)14(21)10-19(24-15)6-5-12-16(17(12)19)18(22)20-7-8-25(2)23/h3-4,9,12,16-17H,5-8,10H2,1-2H3,(H,20,22). The number of amides is 1. The van der Waals surface area contributed by atoms with Crippen LogP contribution >= 0.6 is 0 Å². The van der Waals surface area contributed by atoms with Gasteiger partial charge in [0.2, 0.25) is 5.91 Å². The number of ether oxygens (including phenoxy) is 1. The van der Waals surface area contributed by atoms with Crippen LogP contribution in [0.25, 0.3) is 0 Å². The van der Waals surface area contributed by atoms with Crippen molar-refractivity contribution in [2.75, 3.05) is 18.6 Å². The van der Waals surface area contributed by atoms with E-state index in [1.54, 1.807) is 6.26 Å². The summed E-state index contributed by atoms with van der Waals surface area (Å²) < 4.78 is 17.5. The van der Waals surface area contributed by atoms with Crippen LogP contribution in [0, 0.1) is 24.7 Å². The topological polar surface area (TPSA) is 72.5 Å². The molecule has 5 unspecified atom stereocenters. The molecule has 6 heteroatoms. The number of Topliss-reactive ketones (excluding diaryl/α,β-unsaturated/α-hetero) is 1. The quantitative estimate of drug-likeness (QED) is 0.888. The molecule has 3 aliphatic rings.